The third-order valence-electron chi connectivity index (χ3n) is 5.16. The van der Waals surface area contributed by atoms with Crippen molar-refractivity contribution in [1.29, 1.82) is 0 Å². The fraction of sp³-hybridized carbons (Fsp3) is 0.923. The Bertz CT molecular complexity index is 307. The summed E-state index contributed by atoms with van der Waals surface area (Å²) in [5.41, 5.74) is 0.318. The molecule has 0 aromatic carbocycles. The monoisotopic (exact) mass is 238 g/mol. The van der Waals surface area contributed by atoms with Gasteiger partial charge in [-0.25, -0.2) is 4.79 Å². The Hall–Kier alpha value is -0.770. The van der Waals surface area contributed by atoms with Gasteiger partial charge < -0.3 is 14.9 Å². The van der Waals surface area contributed by atoms with Crippen molar-refractivity contribution >= 4 is 6.09 Å². The first-order chi connectivity index (χ1) is 8.19. The molecule has 4 nitrogen and oxygen atoms in total. The molecule has 3 fully saturated rings. The number of rotatable bonds is 1. The molecule has 0 aromatic rings. The highest BCUT2D eigenvalue weighted by Gasteiger charge is 2.43. The van der Waals surface area contributed by atoms with Crippen molar-refractivity contribution in [2.75, 3.05) is 26.2 Å². The molecule has 3 aliphatic rings. The molecule has 96 valence electrons. The van der Waals surface area contributed by atoms with Crippen LogP contribution >= 0.6 is 0 Å². The number of hydrogen-bond donors (Lipinski definition) is 1. The van der Waals surface area contributed by atoms with Crippen LogP contribution in [0.5, 0.6) is 0 Å². The van der Waals surface area contributed by atoms with E-state index in [1.165, 1.54) is 45.2 Å². The predicted molar refractivity (Wildman–Crippen MR) is 65.1 cm³/mol. The van der Waals surface area contributed by atoms with Crippen molar-refractivity contribution in [2.24, 2.45) is 5.41 Å². The van der Waals surface area contributed by atoms with Crippen LogP contribution in [0.15, 0.2) is 0 Å². The summed E-state index contributed by atoms with van der Waals surface area (Å²) in [7, 11) is 0. The van der Waals surface area contributed by atoms with Crippen molar-refractivity contribution < 1.29 is 9.90 Å². The number of carbonyl (C=O) groups is 1. The van der Waals surface area contributed by atoms with Gasteiger partial charge in [0.25, 0.3) is 0 Å². The van der Waals surface area contributed by atoms with Crippen LogP contribution in [0.4, 0.5) is 4.79 Å². The quantitative estimate of drug-likeness (QED) is 0.760. The van der Waals surface area contributed by atoms with E-state index in [4.69, 9.17) is 5.11 Å². The molecule has 0 atom stereocenters. The minimum Gasteiger partial charge on any atom is -0.465 e. The van der Waals surface area contributed by atoms with Gasteiger partial charge in [-0.2, -0.15) is 0 Å². The summed E-state index contributed by atoms with van der Waals surface area (Å²) in [6.45, 7) is 3.91. The van der Waals surface area contributed by atoms with Gasteiger partial charge in [0.1, 0.15) is 0 Å². The Balaban J connectivity index is 1.55. The average Bonchev–Trinajstić information content (AvgIpc) is 2.64. The Morgan fingerprint density at radius 2 is 1.76 bits per heavy atom. The molecule has 1 amide bonds. The summed E-state index contributed by atoms with van der Waals surface area (Å²) >= 11 is 0. The fourth-order valence-corrected chi connectivity index (χ4v) is 3.62. The zero-order valence-electron chi connectivity index (χ0n) is 10.4. The highest BCUT2D eigenvalue weighted by molar-refractivity contribution is 5.65. The standard InChI is InChI=1S/C13H22N2O2/c16-12(17)15-9-6-13(10-15)4-7-14(8-5-13)11-2-1-3-11/h11H,1-10H2,(H,16,17). The number of likely N-dealkylation sites (tertiary alicyclic amines) is 2. The van der Waals surface area contributed by atoms with Crippen molar-refractivity contribution in [1.82, 2.24) is 9.80 Å². The number of amides is 1. The molecule has 2 aliphatic heterocycles. The maximum Gasteiger partial charge on any atom is 0.407 e. The molecule has 0 bridgehead atoms. The molecule has 1 N–H and O–H groups in total. The summed E-state index contributed by atoms with van der Waals surface area (Å²) in [6, 6.07) is 0.851. The average molecular weight is 238 g/mol. The molecule has 1 aliphatic carbocycles. The highest BCUT2D eigenvalue weighted by Crippen LogP contribution is 2.42. The van der Waals surface area contributed by atoms with Crippen LogP contribution in [-0.4, -0.2) is 53.2 Å². The maximum absolute atomic E-state index is 11.0. The zero-order valence-corrected chi connectivity index (χ0v) is 10.4. The number of carboxylic acid groups (broad SMARTS) is 1. The summed E-state index contributed by atoms with van der Waals surface area (Å²) < 4.78 is 0. The normalized spacial score (nSPS) is 29.5. The van der Waals surface area contributed by atoms with E-state index in [9.17, 15) is 4.79 Å². The molecule has 17 heavy (non-hydrogen) atoms. The predicted octanol–water partition coefficient (Wildman–Crippen LogP) is 2.00. The van der Waals surface area contributed by atoms with Crippen LogP contribution in [0.25, 0.3) is 0 Å². The van der Waals surface area contributed by atoms with Gasteiger partial charge in [0, 0.05) is 19.1 Å². The van der Waals surface area contributed by atoms with Crippen LogP contribution in [-0.2, 0) is 0 Å². The molecule has 3 rings (SSSR count). The van der Waals surface area contributed by atoms with Crippen LogP contribution in [0.2, 0.25) is 0 Å². The second-order valence-electron chi connectivity index (χ2n) is 6.07. The summed E-state index contributed by atoms with van der Waals surface area (Å²) in [6.07, 6.45) is 6.92. The van der Waals surface area contributed by atoms with Gasteiger partial charge >= 0.3 is 6.09 Å². The molecule has 4 heteroatoms. The van der Waals surface area contributed by atoms with Gasteiger partial charge in [-0.1, -0.05) is 6.42 Å². The molecule has 2 saturated heterocycles. The molecular weight excluding hydrogens is 216 g/mol. The van der Waals surface area contributed by atoms with E-state index in [1.54, 1.807) is 4.90 Å². The third kappa shape index (κ3) is 2.03. The largest absolute Gasteiger partial charge is 0.465 e. The van der Waals surface area contributed by atoms with E-state index < -0.39 is 6.09 Å². The molecule has 1 saturated carbocycles. The van der Waals surface area contributed by atoms with Gasteiger partial charge in [-0.05, 0) is 50.6 Å². The van der Waals surface area contributed by atoms with E-state index in [1.807, 2.05) is 0 Å². The topological polar surface area (TPSA) is 43.8 Å². The number of piperidine rings is 1. The Kier molecular flexibility index (Phi) is 2.77. The summed E-state index contributed by atoms with van der Waals surface area (Å²) in [5.74, 6) is 0. The van der Waals surface area contributed by atoms with Crippen molar-refractivity contribution in [3.05, 3.63) is 0 Å². The molecular formula is C13H22N2O2. The van der Waals surface area contributed by atoms with Gasteiger partial charge in [0.05, 0.1) is 0 Å². The van der Waals surface area contributed by atoms with E-state index in [-0.39, 0.29) is 0 Å². The maximum atomic E-state index is 11.0. The van der Waals surface area contributed by atoms with Gasteiger partial charge in [-0.3, -0.25) is 0 Å². The van der Waals surface area contributed by atoms with E-state index in [2.05, 4.69) is 4.90 Å². The second-order valence-corrected chi connectivity index (χ2v) is 6.07. The van der Waals surface area contributed by atoms with Gasteiger partial charge in [0.2, 0.25) is 0 Å². The van der Waals surface area contributed by atoms with Gasteiger partial charge in [0.15, 0.2) is 0 Å². The van der Waals surface area contributed by atoms with Crippen molar-refractivity contribution in [3.63, 3.8) is 0 Å². The lowest BCUT2D eigenvalue weighted by Crippen LogP contribution is -2.48. The molecule has 2 heterocycles. The Labute approximate surface area is 103 Å². The van der Waals surface area contributed by atoms with Crippen molar-refractivity contribution in [3.8, 4) is 0 Å². The first kappa shape index (κ1) is 11.3. The van der Waals surface area contributed by atoms with Crippen LogP contribution in [0, 0.1) is 5.41 Å². The van der Waals surface area contributed by atoms with E-state index >= 15 is 0 Å². The first-order valence-electron chi connectivity index (χ1n) is 6.91. The fourth-order valence-electron chi connectivity index (χ4n) is 3.62. The number of nitrogens with zero attached hydrogens (tertiary/aromatic N) is 2. The minimum absolute atomic E-state index is 0.318. The van der Waals surface area contributed by atoms with Crippen LogP contribution < -0.4 is 0 Å². The van der Waals surface area contributed by atoms with Crippen LogP contribution in [0.1, 0.15) is 38.5 Å². The lowest BCUT2D eigenvalue weighted by atomic mass is 9.76. The van der Waals surface area contributed by atoms with E-state index in [0.29, 0.717) is 5.41 Å². The Morgan fingerprint density at radius 1 is 1.12 bits per heavy atom. The number of hydrogen-bond acceptors (Lipinski definition) is 2. The molecule has 0 aromatic heterocycles. The molecule has 1 spiro atoms. The minimum atomic E-state index is -0.733. The smallest absolute Gasteiger partial charge is 0.407 e. The highest BCUT2D eigenvalue weighted by atomic mass is 16.4. The SMILES string of the molecule is O=C(O)N1CCC2(CCN(C3CCC3)CC2)C1. The lowest BCUT2D eigenvalue weighted by Gasteiger charge is -2.45. The van der Waals surface area contributed by atoms with E-state index in [0.717, 1.165) is 25.6 Å². The van der Waals surface area contributed by atoms with Gasteiger partial charge in [-0.15, -0.1) is 0 Å². The Morgan fingerprint density at radius 3 is 2.24 bits per heavy atom. The summed E-state index contributed by atoms with van der Waals surface area (Å²) in [5, 5.41) is 9.03. The lowest BCUT2D eigenvalue weighted by molar-refractivity contribution is 0.0466. The summed E-state index contributed by atoms with van der Waals surface area (Å²) in [4.78, 5) is 15.2. The van der Waals surface area contributed by atoms with Crippen LogP contribution in [0.3, 0.4) is 0 Å². The third-order valence-corrected chi connectivity index (χ3v) is 5.16. The first-order valence-corrected chi connectivity index (χ1v) is 6.91. The van der Waals surface area contributed by atoms with Crippen molar-refractivity contribution in [2.45, 2.75) is 44.6 Å². The zero-order chi connectivity index (χ0) is 11.9. The molecule has 0 radical (unpaired) electrons. The molecule has 0 unspecified atom stereocenters. The second kappa shape index (κ2) is 4.16.